The second-order valence-corrected chi connectivity index (χ2v) is 8.84. The highest BCUT2D eigenvalue weighted by atomic mass is 32.2. The summed E-state index contributed by atoms with van der Waals surface area (Å²) in [4.78, 5) is 30.2. The smallest absolute Gasteiger partial charge is 0.252 e. The summed E-state index contributed by atoms with van der Waals surface area (Å²) in [5.41, 5.74) is 1.38. The van der Waals surface area contributed by atoms with E-state index >= 15 is 0 Å². The van der Waals surface area contributed by atoms with Gasteiger partial charge in [-0.1, -0.05) is 44.2 Å². The van der Waals surface area contributed by atoms with Crippen molar-refractivity contribution in [2.45, 2.75) is 76.3 Å². The first-order chi connectivity index (χ1) is 14.5. The van der Waals surface area contributed by atoms with E-state index in [1.165, 1.54) is 43.9 Å². The fraction of sp³-hybridized carbons (Fsp3) is 0.522. The van der Waals surface area contributed by atoms with Crippen LogP contribution in [0.15, 0.2) is 33.6 Å². The average Bonchev–Trinajstić information content (AvgIpc) is 3.04. The Morgan fingerprint density at radius 2 is 1.80 bits per heavy atom. The highest BCUT2D eigenvalue weighted by Crippen LogP contribution is 2.23. The number of amides is 2. The molecular formula is C23H31N3O3S. The van der Waals surface area contributed by atoms with E-state index in [9.17, 15) is 9.59 Å². The van der Waals surface area contributed by atoms with Crippen LogP contribution in [0.4, 0.5) is 0 Å². The van der Waals surface area contributed by atoms with Crippen LogP contribution in [0, 0.1) is 13.8 Å². The van der Waals surface area contributed by atoms with Gasteiger partial charge in [0.2, 0.25) is 11.8 Å². The number of carbonyl (C=O) groups excluding carboxylic acids is 2. The molecule has 0 bridgehead atoms. The average molecular weight is 430 g/mol. The molecule has 0 spiro atoms. The predicted molar refractivity (Wildman–Crippen MR) is 119 cm³/mol. The lowest BCUT2D eigenvalue weighted by atomic mass is 9.97. The van der Waals surface area contributed by atoms with Crippen molar-refractivity contribution in [1.29, 1.82) is 0 Å². The van der Waals surface area contributed by atoms with Crippen molar-refractivity contribution in [2.24, 2.45) is 0 Å². The molecule has 2 N–H and O–H groups in total. The number of benzene rings is 1. The molecule has 30 heavy (non-hydrogen) atoms. The lowest BCUT2D eigenvalue weighted by molar-refractivity contribution is -0.119. The molecule has 1 fully saturated rings. The zero-order valence-electron chi connectivity index (χ0n) is 17.8. The summed E-state index contributed by atoms with van der Waals surface area (Å²) in [6.07, 6.45) is 8.33. The van der Waals surface area contributed by atoms with E-state index in [1.807, 2.05) is 32.0 Å². The maximum atomic E-state index is 12.7. The van der Waals surface area contributed by atoms with Gasteiger partial charge in [-0.2, -0.15) is 0 Å². The van der Waals surface area contributed by atoms with Gasteiger partial charge in [0, 0.05) is 10.9 Å². The van der Waals surface area contributed by atoms with E-state index in [4.69, 9.17) is 4.42 Å². The first-order valence-corrected chi connectivity index (χ1v) is 11.7. The minimum Gasteiger partial charge on any atom is -0.444 e. The number of hydrogen-bond donors (Lipinski definition) is 2. The van der Waals surface area contributed by atoms with E-state index < -0.39 is 0 Å². The normalized spacial score (nSPS) is 15.3. The molecule has 1 heterocycles. The topological polar surface area (TPSA) is 84.2 Å². The molecule has 0 atom stereocenters. The molecular weight excluding hydrogens is 398 g/mol. The summed E-state index contributed by atoms with van der Waals surface area (Å²) in [6.45, 7) is 3.95. The minimum atomic E-state index is -0.202. The van der Waals surface area contributed by atoms with Crippen molar-refractivity contribution < 1.29 is 14.0 Å². The van der Waals surface area contributed by atoms with Crippen LogP contribution in [-0.2, 0) is 11.3 Å². The third-order valence-electron chi connectivity index (χ3n) is 5.43. The van der Waals surface area contributed by atoms with Crippen molar-refractivity contribution in [2.75, 3.05) is 5.75 Å². The van der Waals surface area contributed by atoms with Crippen LogP contribution >= 0.6 is 11.8 Å². The number of rotatable bonds is 7. The molecule has 2 amide bonds. The van der Waals surface area contributed by atoms with Gasteiger partial charge < -0.3 is 15.1 Å². The molecule has 1 aliphatic carbocycles. The van der Waals surface area contributed by atoms with Crippen LogP contribution in [0.5, 0.6) is 0 Å². The van der Waals surface area contributed by atoms with Crippen LogP contribution in [0.1, 0.15) is 72.6 Å². The Morgan fingerprint density at radius 3 is 2.50 bits per heavy atom. The van der Waals surface area contributed by atoms with Gasteiger partial charge >= 0.3 is 0 Å². The largest absolute Gasteiger partial charge is 0.444 e. The highest BCUT2D eigenvalue weighted by molar-refractivity contribution is 8.00. The first-order valence-electron chi connectivity index (χ1n) is 10.7. The molecule has 0 unspecified atom stereocenters. The number of nitrogens with one attached hydrogen (secondary N) is 2. The number of carbonyl (C=O) groups is 2. The molecule has 1 saturated carbocycles. The fourth-order valence-electron chi connectivity index (χ4n) is 3.66. The highest BCUT2D eigenvalue weighted by Gasteiger charge is 2.17. The predicted octanol–water partition coefficient (Wildman–Crippen LogP) is 4.54. The Bertz CT molecular complexity index is 838. The Labute approximate surface area is 182 Å². The molecule has 7 heteroatoms. The molecule has 0 radical (unpaired) electrons. The maximum Gasteiger partial charge on any atom is 0.252 e. The maximum absolute atomic E-state index is 12.7. The number of hydrogen-bond acceptors (Lipinski definition) is 5. The summed E-state index contributed by atoms with van der Waals surface area (Å²) in [5, 5.41) is 6.03. The van der Waals surface area contributed by atoms with Crippen molar-refractivity contribution in [1.82, 2.24) is 15.6 Å². The Hall–Kier alpha value is -2.28. The van der Waals surface area contributed by atoms with Gasteiger partial charge in [-0.3, -0.25) is 9.59 Å². The van der Waals surface area contributed by atoms with Crippen molar-refractivity contribution >= 4 is 23.6 Å². The van der Waals surface area contributed by atoms with Gasteiger partial charge in [0.1, 0.15) is 5.76 Å². The van der Waals surface area contributed by atoms with Gasteiger partial charge in [0.25, 0.3) is 5.91 Å². The first kappa shape index (κ1) is 22.4. The lowest BCUT2D eigenvalue weighted by Gasteiger charge is -2.21. The minimum absolute atomic E-state index is 0.0338. The number of oxazole rings is 1. The summed E-state index contributed by atoms with van der Waals surface area (Å²) >= 11 is 1.40. The van der Waals surface area contributed by atoms with E-state index in [2.05, 4.69) is 15.6 Å². The Balaban J connectivity index is 1.52. The molecule has 1 aliphatic rings. The molecule has 1 aromatic heterocycles. The van der Waals surface area contributed by atoms with Crippen LogP contribution in [0.2, 0.25) is 0 Å². The second-order valence-electron chi connectivity index (χ2n) is 7.83. The molecule has 6 nitrogen and oxygen atoms in total. The van der Waals surface area contributed by atoms with Crippen LogP contribution in [-0.4, -0.2) is 28.6 Å². The van der Waals surface area contributed by atoms with Crippen molar-refractivity contribution in [3.05, 3.63) is 47.2 Å². The van der Waals surface area contributed by atoms with Gasteiger partial charge in [-0.25, -0.2) is 4.98 Å². The Kier molecular flexibility index (Phi) is 8.37. The summed E-state index contributed by atoms with van der Waals surface area (Å²) in [6, 6.07) is 7.64. The van der Waals surface area contributed by atoms with Gasteiger partial charge in [0.05, 0.1) is 23.6 Å². The second kappa shape index (κ2) is 11.2. The molecule has 0 aliphatic heterocycles. The molecule has 162 valence electrons. The Morgan fingerprint density at radius 1 is 1.10 bits per heavy atom. The zero-order valence-corrected chi connectivity index (χ0v) is 18.6. The SMILES string of the molecule is Cc1nc(CNC(=O)c2ccccc2SCC(=O)NC2CCCCCCC2)oc1C. The van der Waals surface area contributed by atoms with Crippen LogP contribution < -0.4 is 10.6 Å². The third kappa shape index (κ3) is 6.62. The molecule has 3 rings (SSSR count). The van der Waals surface area contributed by atoms with E-state index in [0.717, 1.165) is 29.2 Å². The summed E-state index contributed by atoms with van der Waals surface area (Å²) < 4.78 is 5.51. The zero-order chi connectivity index (χ0) is 21.3. The number of aromatic nitrogens is 1. The number of aryl methyl sites for hydroxylation is 2. The summed E-state index contributed by atoms with van der Waals surface area (Å²) in [7, 11) is 0. The quantitative estimate of drug-likeness (QED) is 0.631. The molecule has 2 aromatic rings. The standard InChI is InChI=1S/C23H31N3O3S/c1-16-17(2)29-22(25-16)14-24-23(28)19-12-8-9-13-20(19)30-15-21(27)26-18-10-6-4-3-5-7-11-18/h8-9,12-13,18H,3-7,10-11,14-15H2,1-2H3,(H,24,28)(H,26,27). The van der Waals surface area contributed by atoms with Crippen LogP contribution in [0.25, 0.3) is 0 Å². The van der Waals surface area contributed by atoms with Crippen molar-refractivity contribution in [3.63, 3.8) is 0 Å². The van der Waals surface area contributed by atoms with E-state index in [-0.39, 0.29) is 24.4 Å². The molecule has 0 saturated heterocycles. The van der Waals surface area contributed by atoms with Gasteiger partial charge in [0.15, 0.2) is 0 Å². The van der Waals surface area contributed by atoms with E-state index in [0.29, 0.717) is 17.2 Å². The van der Waals surface area contributed by atoms with E-state index in [1.54, 1.807) is 6.07 Å². The monoisotopic (exact) mass is 429 g/mol. The summed E-state index contributed by atoms with van der Waals surface area (Å²) in [5.74, 6) is 1.38. The van der Waals surface area contributed by atoms with Gasteiger partial charge in [-0.15, -0.1) is 11.8 Å². The van der Waals surface area contributed by atoms with Crippen LogP contribution in [0.3, 0.4) is 0 Å². The number of nitrogens with zero attached hydrogens (tertiary/aromatic N) is 1. The van der Waals surface area contributed by atoms with Crippen molar-refractivity contribution in [3.8, 4) is 0 Å². The third-order valence-corrected chi connectivity index (χ3v) is 6.51. The number of thioether (sulfide) groups is 1. The fourth-order valence-corrected chi connectivity index (χ4v) is 4.52. The molecule has 1 aromatic carbocycles. The van der Waals surface area contributed by atoms with Gasteiger partial charge in [-0.05, 0) is 38.8 Å². The lowest BCUT2D eigenvalue weighted by Crippen LogP contribution is -2.36.